The summed E-state index contributed by atoms with van der Waals surface area (Å²) in [6.07, 6.45) is 0.111. The molecule has 0 aliphatic carbocycles. The van der Waals surface area contributed by atoms with Crippen LogP contribution >= 0.6 is 0 Å². The Labute approximate surface area is 111 Å². The standard InChI is InChI=1S/C13H17FN2O3/c1-2-19-12-7-9(14)3-4-11(12)15-13(18)16-6-5-10(17)8-16/h3-4,7,10,17H,2,5-6,8H2,1H3,(H,15,18)/t10-/m0/s1. The Balaban J connectivity index is 2.07. The first-order chi connectivity index (χ1) is 9.10. The fourth-order valence-electron chi connectivity index (χ4n) is 1.99. The smallest absolute Gasteiger partial charge is 0.322 e. The van der Waals surface area contributed by atoms with Crippen molar-refractivity contribution in [3.8, 4) is 5.75 Å². The van der Waals surface area contributed by atoms with Crippen molar-refractivity contribution >= 4 is 11.7 Å². The van der Waals surface area contributed by atoms with Crippen LogP contribution < -0.4 is 10.1 Å². The van der Waals surface area contributed by atoms with Crippen LogP contribution in [0.2, 0.25) is 0 Å². The predicted molar refractivity (Wildman–Crippen MR) is 68.8 cm³/mol. The van der Waals surface area contributed by atoms with E-state index in [9.17, 15) is 14.3 Å². The highest BCUT2D eigenvalue weighted by Gasteiger charge is 2.25. The number of hydrogen-bond donors (Lipinski definition) is 2. The summed E-state index contributed by atoms with van der Waals surface area (Å²) in [6, 6.07) is 3.64. The van der Waals surface area contributed by atoms with Gasteiger partial charge in [-0.3, -0.25) is 0 Å². The van der Waals surface area contributed by atoms with Crippen molar-refractivity contribution < 1.29 is 19.0 Å². The molecule has 6 heteroatoms. The molecule has 1 fully saturated rings. The second-order valence-electron chi connectivity index (χ2n) is 4.39. The second-order valence-corrected chi connectivity index (χ2v) is 4.39. The van der Waals surface area contributed by atoms with Crippen LogP contribution in [-0.4, -0.2) is 41.8 Å². The monoisotopic (exact) mass is 268 g/mol. The number of halogens is 1. The molecule has 0 spiro atoms. The Morgan fingerprint density at radius 3 is 3.05 bits per heavy atom. The number of hydrogen-bond acceptors (Lipinski definition) is 3. The zero-order valence-corrected chi connectivity index (χ0v) is 10.7. The van der Waals surface area contributed by atoms with Crippen LogP contribution in [-0.2, 0) is 0 Å². The molecule has 1 aromatic rings. The highest BCUT2D eigenvalue weighted by molar-refractivity contribution is 5.91. The number of likely N-dealkylation sites (tertiary alicyclic amines) is 1. The lowest BCUT2D eigenvalue weighted by Crippen LogP contribution is -2.33. The molecule has 1 aliphatic rings. The van der Waals surface area contributed by atoms with Crippen molar-refractivity contribution in [2.24, 2.45) is 0 Å². The Kier molecular flexibility index (Phi) is 4.21. The number of carbonyl (C=O) groups excluding carboxylic acids is 1. The molecule has 1 heterocycles. The number of nitrogens with one attached hydrogen (secondary N) is 1. The molecule has 0 bridgehead atoms. The Morgan fingerprint density at radius 1 is 1.63 bits per heavy atom. The number of nitrogens with zero attached hydrogens (tertiary/aromatic N) is 1. The van der Waals surface area contributed by atoms with Crippen LogP contribution in [0.5, 0.6) is 5.75 Å². The van der Waals surface area contributed by atoms with Gasteiger partial charge in [0.15, 0.2) is 0 Å². The molecule has 2 amide bonds. The summed E-state index contributed by atoms with van der Waals surface area (Å²) < 4.78 is 18.4. The maximum Gasteiger partial charge on any atom is 0.322 e. The number of anilines is 1. The predicted octanol–water partition coefficient (Wildman–Crippen LogP) is 1.82. The number of ether oxygens (including phenoxy) is 1. The third kappa shape index (κ3) is 3.35. The normalized spacial score (nSPS) is 18.5. The number of amides is 2. The lowest BCUT2D eigenvalue weighted by molar-refractivity contribution is 0.176. The van der Waals surface area contributed by atoms with Gasteiger partial charge in [0.2, 0.25) is 0 Å². The van der Waals surface area contributed by atoms with Crippen LogP contribution in [0.25, 0.3) is 0 Å². The molecule has 0 aromatic heterocycles. The molecule has 1 atom stereocenters. The van der Waals surface area contributed by atoms with Crippen LogP contribution in [0.1, 0.15) is 13.3 Å². The van der Waals surface area contributed by atoms with Gasteiger partial charge in [0.25, 0.3) is 0 Å². The van der Waals surface area contributed by atoms with Crippen molar-refractivity contribution in [1.29, 1.82) is 0 Å². The van der Waals surface area contributed by atoms with Gasteiger partial charge >= 0.3 is 6.03 Å². The molecular weight excluding hydrogens is 251 g/mol. The third-order valence-corrected chi connectivity index (χ3v) is 2.94. The fraction of sp³-hybridized carbons (Fsp3) is 0.462. The molecule has 104 valence electrons. The molecule has 1 aromatic carbocycles. The molecular formula is C13H17FN2O3. The van der Waals surface area contributed by atoms with E-state index in [4.69, 9.17) is 4.74 Å². The Hall–Kier alpha value is -1.82. The number of aliphatic hydroxyl groups is 1. The highest BCUT2D eigenvalue weighted by Crippen LogP contribution is 2.26. The lowest BCUT2D eigenvalue weighted by Gasteiger charge is -2.18. The fourth-order valence-corrected chi connectivity index (χ4v) is 1.99. The van der Waals surface area contributed by atoms with Gasteiger partial charge in [-0.2, -0.15) is 0 Å². The van der Waals surface area contributed by atoms with Crippen LogP contribution in [0, 0.1) is 5.82 Å². The minimum absolute atomic E-state index is 0.301. The molecule has 1 saturated heterocycles. The number of aliphatic hydroxyl groups excluding tert-OH is 1. The maximum atomic E-state index is 13.1. The highest BCUT2D eigenvalue weighted by atomic mass is 19.1. The topological polar surface area (TPSA) is 61.8 Å². The van der Waals surface area contributed by atoms with Crippen LogP contribution in [0.15, 0.2) is 18.2 Å². The van der Waals surface area contributed by atoms with E-state index in [2.05, 4.69) is 5.32 Å². The minimum atomic E-state index is -0.467. The van der Waals surface area contributed by atoms with Crippen molar-refractivity contribution in [3.05, 3.63) is 24.0 Å². The summed E-state index contributed by atoms with van der Waals surface area (Å²) in [7, 11) is 0. The largest absolute Gasteiger partial charge is 0.492 e. The molecule has 1 aliphatic heterocycles. The van der Waals surface area contributed by atoms with Crippen molar-refractivity contribution in [3.63, 3.8) is 0 Å². The number of carbonyl (C=O) groups is 1. The van der Waals surface area contributed by atoms with Gasteiger partial charge in [-0.1, -0.05) is 0 Å². The minimum Gasteiger partial charge on any atom is -0.492 e. The van der Waals surface area contributed by atoms with Gasteiger partial charge in [0.1, 0.15) is 11.6 Å². The second kappa shape index (κ2) is 5.88. The number of β-amino-alcohol motifs (C(OH)–C–C–N with tert-alkyl or cyclic N) is 1. The Bertz CT molecular complexity index is 467. The average molecular weight is 268 g/mol. The van der Waals surface area contributed by atoms with Gasteiger partial charge in [0.05, 0.1) is 18.4 Å². The first-order valence-corrected chi connectivity index (χ1v) is 6.26. The zero-order valence-electron chi connectivity index (χ0n) is 10.7. The van der Waals surface area contributed by atoms with E-state index in [0.29, 0.717) is 37.6 Å². The summed E-state index contributed by atoms with van der Waals surface area (Å²) in [5, 5.41) is 12.1. The maximum absolute atomic E-state index is 13.1. The van der Waals surface area contributed by atoms with E-state index in [1.165, 1.54) is 23.1 Å². The number of urea groups is 1. The quantitative estimate of drug-likeness (QED) is 0.879. The molecule has 2 N–H and O–H groups in total. The molecule has 19 heavy (non-hydrogen) atoms. The lowest BCUT2D eigenvalue weighted by atomic mass is 10.3. The summed E-state index contributed by atoms with van der Waals surface area (Å²) in [4.78, 5) is 13.5. The molecule has 2 rings (SSSR count). The average Bonchev–Trinajstić information content (AvgIpc) is 2.80. The van der Waals surface area contributed by atoms with Gasteiger partial charge in [-0.05, 0) is 25.5 Å². The number of rotatable bonds is 3. The van der Waals surface area contributed by atoms with Gasteiger partial charge < -0.3 is 20.1 Å². The molecule has 0 unspecified atom stereocenters. The zero-order chi connectivity index (χ0) is 13.8. The SMILES string of the molecule is CCOc1cc(F)ccc1NC(=O)N1CC[C@H](O)C1. The van der Waals surface area contributed by atoms with E-state index in [1.807, 2.05) is 0 Å². The van der Waals surface area contributed by atoms with Crippen LogP contribution in [0.4, 0.5) is 14.9 Å². The summed E-state index contributed by atoms with van der Waals surface area (Å²) >= 11 is 0. The molecule has 5 nitrogen and oxygen atoms in total. The van der Waals surface area contributed by atoms with E-state index >= 15 is 0 Å². The Morgan fingerprint density at radius 2 is 2.42 bits per heavy atom. The third-order valence-electron chi connectivity index (χ3n) is 2.94. The van der Waals surface area contributed by atoms with Crippen LogP contribution in [0.3, 0.4) is 0 Å². The van der Waals surface area contributed by atoms with Crippen molar-refractivity contribution in [2.75, 3.05) is 25.0 Å². The van der Waals surface area contributed by atoms with E-state index in [0.717, 1.165) is 0 Å². The van der Waals surface area contributed by atoms with E-state index in [1.54, 1.807) is 6.92 Å². The van der Waals surface area contributed by atoms with E-state index < -0.39 is 11.9 Å². The summed E-state index contributed by atoms with van der Waals surface area (Å²) in [5.74, 6) is -0.117. The first-order valence-electron chi connectivity index (χ1n) is 6.26. The molecule has 0 radical (unpaired) electrons. The summed E-state index contributed by atoms with van der Waals surface area (Å²) in [6.45, 7) is 3.00. The van der Waals surface area contributed by atoms with Crippen molar-refractivity contribution in [1.82, 2.24) is 4.90 Å². The van der Waals surface area contributed by atoms with Gasteiger partial charge in [-0.15, -0.1) is 0 Å². The number of benzene rings is 1. The first kappa shape index (κ1) is 13.6. The van der Waals surface area contributed by atoms with Gasteiger partial charge in [-0.25, -0.2) is 9.18 Å². The molecule has 0 saturated carbocycles. The summed E-state index contributed by atoms with van der Waals surface area (Å²) in [5.41, 5.74) is 0.426. The van der Waals surface area contributed by atoms with E-state index in [-0.39, 0.29) is 6.03 Å². The van der Waals surface area contributed by atoms with Gasteiger partial charge in [0, 0.05) is 19.2 Å². The van der Waals surface area contributed by atoms with Crippen molar-refractivity contribution in [2.45, 2.75) is 19.4 Å².